The van der Waals surface area contributed by atoms with E-state index >= 15 is 0 Å². The van der Waals surface area contributed by atoms with Crippen LogP contribution in [-0.2, 0) is 14.3 Å². The van der Waals surface area contributed by atoms with Gasteiger partial charge in [0.25, 0.3) is 0 Å². The number of hydrogen-bond acceptors (Lipinski definition) is 3. The van der Waals surface area contributed by atoms with Crippen molar-refractivity contribution in [3.63, 3.8) is 0 Å². The lowest BCUT2D eigenvalue weighted by atomic mass is 10.0. The van der Waals surface area contributed by atoms with Crippen molar-refractivity contribution in [3.05, 3.63) is 12.2 Å². The maximum atomic E-state index is 12.9. The Morgan fingerprint density at radius 3 is 1.83 bits per heavy atom. The van der Waals surface area contributed by atoms with Crippen LogP contribution in [0.4, 0.5) is 26.3 Å². The average Bonchev–Trinajstić information content (AvgIpc) is 2.30. The molecule has 24 heavy (non-hydrogen) atoms. The van der Waals surface area contributed by atoms with Gasteiger partial charge in [0.1, 0.15) is 0 Å². The third-order valence-electron chi connectivity index (χ3n) is 3.26. The highest BCUT2D eigenvalue weighted by Gasteiger charge is 2.62. The molecule has 0 spiro atoms. The molecule has 1 unspecified atom stereocenters. The molecule has 0 rings (SSSR count). The zero-order valence-corrected chi connectivity index (χ0v) is 14.2. The summed E-state index contributed by atoms with van der Waals surface area (Å²) in [4.78, 5) is 21.3. The number of carboxylic acid groups (broad SMARTS) is 1. The molecule has 0 heterocycles. The van der Waals surface area contributed by atoms with E-state index in [1.165, 1.54) is 19.6 Å². The van der Waals surface area contributed by atoms with Gasteiger partial charge in [-0.1, -0.05) is 19.6 Å². The second kappa shape index (κ2) is 8.04. The Kier molecular flexibility index (Phi) is 7.53. The maximum Gasteiger partial charge on any atom is 0.400 e. The Morgan fingerprint density at radius 1 is 1.04 bits per heavy atom. The number of halogens is 6. The van der Waals surface area contributed by atoms with Gasteiger partial charge in [-0.05, 0) is 12.0 Å². The number of alkyl halides is 6. The fourth-order valence-corrected chi connectivity index (χ4v) is 4.58. The molecule has 0 fully saturated rings. The fraction of sp³-hybridized carbons (Fsp3) is 0.692. The highest BCUT2D eigenvalue weighted by molar-refractivity contribution is 6.77. The number of carboxylic acids is 1. The summed E-state index contributed by atoms with van der Waals surface area (Å²) in [5.41, 5.74) is -1.74. The molecule has 1 atom stereocenters. The minimum Gasteiger partial charge on any atom is -0.478 e. The SMILES string of the molecule is C[Si](C)(C)C(CCOC(=O)C=CC(=O)O)C(C(F)(F)F)C(F)(F)F. The van der Waals surface area contributed by atoms with Gasteiger partial charge in [-0.15, -0.1) is 0 Å². The maximum absolute atomic E-state index is 12.9. The standard InChI is InChI=1S/C13H18F6O4Si/c1-24(2,3)8(11(12(14,15)16)13(17,18)19)6-7-23-10(22)5-4-9(20)21/h4-5,8,11H,6-7H2,1-3H3,(H,20,21). The van der Waals surface area contributed by atoms with E-state index < -0.39 is 56.9 Å². The van der Waals surface area contributed by atoms with Gasteiger partial charge >= 0.3 is 24.3 Å². The number of ether oxygens (including phenoxy) is 1. The van der Waals surface area contributed by atoms with E-state index in [0.29, 0.717) is 12.2 Å². The summed E-state index contributed by atoms with van der Waals surface area (Å²) in [6, 6.07) is 0. The van der Waals surface area contributed by atoms with E-state index in [2.05, 4.69) is 4.74 Å². The van der Waals surface area contributed by atoms with Crippen LogP contribution in [0.2, 0.25) is 25.2 Å². The topological polar surface area (TPSA) is 63.6 Å². The van der Waals surface area contributed by atoms with E-state index in [9.17, 15) is 35.9 Å². The molecule has 0 bridgehead atoms. The Balaban J connectivity index is 5.17. The van der Waals surface area contributed by atoms with Crippen LogP contribution in [0.5, 0.6) is 0 Å². The first-order valence-corrected chi connectivity index (χ1v) is 10.4. The molecule has 0 saturated heterocycles. The van der Waals surface area contributed by atoms with Crippen LogP contribution in [0, 0.1) is 5.92 Å². The molecule has 0 aliphatic rings. The third-order valence-corrected chi connectivity index (χ3v) is 6.10. The van der Waals surface area contributed by atoms with Gasteiger partial charge in [-0.2, -0.15) is 26.3 Å². The molecule has 140 valence electrons. The van der Waals surface area contributed by atoms with Crippen molar-refractivity contribution in [1.29, 1.82) is 0 Å². The van der Waals surface area contributed by atoms with Crippen LogP contribution >= 0.6 is 0 Å². The predicted octanol–water partition coefficient (Wildman–Crippen LogP) is 4.01. The van der Waals surface area contributed by atoms with Crippen molar-refractivity contribution in [1.82, 2.24) is 0 Å². The molecule has 1 N–H and O–H groups in total. The predicted molar refractivity (Wildman–Crippen MR) is 75.0 cm³/mol. The van der Waals surface area contributed by atoms with Crippen molar-refractivity contribution < 1.29 is 45.8 Å². The van der Waals surface area contributed by atoms with Crippen LogP contribution in [0.1, 0.15) is 6.42 Å². The van der Waals surface area contributed by atoms with Crippen molar-refractivity contribution >= 4 is 20.0 Å². The van der Waals surface area contributed by atoms with Crippen LogP contribution in [0.25, 0.3) is 0 Å². The monoisotopic (exact) mass is 380 g/mol. The van der Waals surface area contributed by atoms with Crippen molar-refractivity contribution in [3.8, 4) is 0 Å². The largest absolute Gasteiger partial charge is 0.478 e. The van der Waals surface area contributed by atoms with Crippen LogP contribution in [-0.4, -0.2) is 44.1 Å². The zero-order chi connectivity index (χ0) is 19.3. The van der Waals surface area contributed by atoms with Gasteiger partial charge in [-0.25, -0.2) is 9.59 Å². The average molecular weight is 380 g/mol. The lowest BCUT2D eigenvalue weighted by Crippen LogP contribution is -2.47. The minimum atomic E-state index is -5.46. The minimum absolute atomic E-state index is 0.451. The third kappa shape index (κ3) is 7.84. The molecule has 0 aromatic rings. The Morgan fingerprint density at radius 2 is 1.50 bits per heavy atom. The van der Waals surface area contributed by atoms with E-state index in [-0.39, 0.29) is 0 Å². The summed E-state index contributed by atoms with van der Waals surface area (Å²) < 4.78 is 82.0. The number of hydrogen-bond donors (Lipinski definition) is 1. The molecule has 0 radical (unpaired) electrons. The number of carbonyl (C=O) groups is 2. The molecule has 0 amide bonds. The molecule has 0 aromatic heterocycles. The fourth-order valence-electron chi connectivity index (χ4n) is 2.22. The molecule has 11 heteroatoms. The quantitative estimate of drug-likeness (QED) is 0.314. The van der Waals surface area contributed by atoms with Gasteiger partial charge in [0, 0.05) is 20.2 Å². The first-order chi connectivity index (χ1) is 10.6. The van der Waals surface area contributed by atoms with Crippen LogP contribution < -0.4 is 0 Å². The molecule has 0 aliphatic heterocycles. The summed E-state index contributed by atoms with van der Waals surface area (Å²) in [5, 5.41) is 8.30. The van der Waals surface area contributed by atoms with Gasteiger partial charge in [0.05, 0.1) is 6.61 Å². The normalized spacial score (nSPS) is 14.9. The van der Waals surface area contributed by atoms with Gasteiger partial charge in [0.15, 0.2) is 5.92 Å². The second-order valence-corrected chi connectivity index (χ2v) is 11.6. The van der Waals surface area contributed by atoms with E-state index in [0.717, 1.165) is 0 Å². The summed E-state index contributed by atoms with van der Waals surface area (Å²) in [6.45, 7) is 3.44. The van der Waals surface area contributed by atoms with Gasteiger partial charge < -0.3 is 9.84 Å². The van der Waals surface area contributed by atoms with Crippen LogP contribution in [0.3, 0.4) is 0 Å². The Bertz CT molecular complexity index is 464. The van der Waals surface area contributed by atoms with E-state index in [1.807, 2.05) is 0 Å². The number of rotatable bonds is 7. The van der Waals surface area contributed by atoms with Crippen molar-refractivity contribution in [2.45, 2.75) is 44.0 Å². The second-order valence-electron chi connectivity index (χ2n) is 6.16. The smallest absolute Gasteiger partial charge is 0.400 e. The first kappa shape index (κ1) is 22.5. The molecule has 4 nitrogen and oxygen atoms in total. The highest BCUT2D eigenvalue weighted by Crippen LogP contribution is 2.50. The summed E-state index contributed by atoms with van der Waals surface area (Å²) >= 11 is 0. The van der Waals surface area contributed by atoms with Gasteiger partial charge in [0.2, 0.25) is 0 Å². The molecule has 0 aromatic carbocycles. The van der Waals surface area contributed by atoms with Gasteiger partial charge in [-0.3, -0.25) is 0 Å². The van der Waals surface area contributed by atoms with Crippen molar-refractivity contribution in [2.75, 3.05) is 6.61 Å². The molecule has 0 aliphatic carbocycles. The molecular formula is C13H18F6O4Si. The van der Waals surface area contributed by atoms with Crippen LogP contribution in [0.15, 0.2) is 12.2 Å². The lowest BCUT2D eigenvalue weighted by Gasteiger charge is -2.37. The lowest BCUT2D eigenvalue weighted by molar-refractivity contribution is -0.286. The van der Waals surface area contributed by atoms with Crippen molar-refractivity contribution in [2.24, 2.45) is 5.92 Å². The Hall–Kier alpha value is -1.52. The molecular weight excluding hydrogens is 362 g/mol. The summed E-state index contributed by atoms with van der Waals surface area (Å²) in [5.74, 6) is -6.09. The zero-order valence-electron chi connectivity index (χ0n) is 13.2. The number of aliphatic carboxylic acids is 1. The highest BCUT2D eigenvalue weighted by atomic mass is 28.3. The van der Waals surface area contributed by atoms with E-state index in [1.54, 1.807) is 0 Å². The Labute approximate surface area is 135 Å². The number of esters is 1. The van der Waals surface area contributed by atoms with E-state index in [4.69, 9.17) is 5.11 Å². The summed E-state index contributed by atoms with van der Waals surface area (Å²) in [6.07, 6.45) is -10.6. The number of carbonyl (C=O) groups excluding carboxylic acids is 1. The first-order valence-electron chi connectivity index (χ1n) is 6.78. The summed E-state index contributed by atoms with van der Waals surface area (Å²) in [7, 11) is -2.92. The molecule has 0 saturated carbocycles.